The smallest absolute Gasteiger partial charge is 0.326 e. The molecule has 1 amide bonds. The van der Waals surface area contributed by atoms with Crippen LogP contribution in [0.1, 0.15) is 24.3 Å². The van der Waals surface area contributed by atoms with Crippen molar-refractivity contribution in [2.75, 3.05) is 5.73 Å². The molecule has 0 aliphatic rings. The number of hydrogen-bond donors (Lipinski definition) is 3. The molecule has 0 spiro atoms. The molecule has 1 atom stereocenters. The third-order valence-electron chi connectivity index (χ3n) is 1.95. The number of hydrogen-bond acceptors (Lipinski definition) is 6. The average Bonchev–Trinajstić information content (AvgIpc) is 2.59. The van der Waals surface area contributed by atoms with Crippen molar-refractivity contribution < 1.29 is 19.3 Å². The minimum atomic E-state index is -1.13. The van der Waals surface area contributed by atoms with E-state index in [4.69, 9.17) is 10.8 Å². The molecular formula is C8H12N4O4. The van der Waals surface area contributed by atoms with E-state index in [0.29, 0.717) is 0 Å². The van der Waals surface area contributed by atoms with Crippen molar-refractivity contribution in [3.05, 3.63) is 5.69 Å². The van der Waals surface area contributed by atoms with Gasteiger partial charge in [0, 0.05) is 0 Å². The first kappa shape index (κ1) is 12.0. The minimum Gasteiger partial charge on any atom is -0.480 e. The van der Waals surface area contributed by atoms with Gasteiger partial charge in [0.2, 0.25) is 11.5 Å². The summed E-state index contributed by atoms with van der Waals surface area (Å²) < 4.78 is 4.24. The van der Waals surface area contributed by atoms with Crippen molar-refractivity contribution in [3.63, 3.8) is 0 Å². The van der Waals surface area contributed by atoms with E-state index in [-0.39, 0.29) is 17.4 Å². The molecule has 88 valence electrons. The summed E-state index contributed by atoms with van der Waals surface area (Å²) in [5.41, 5.74) is 5.08. The number of aliphatic carboxylic acids is 1. The molecule has 0 saturated carbocycles. The molecule has 1 aromatic heterocycles. The predicted molar refractivity (Wildman–Crippen MR) is 52.4 cm³/mol. The molecule has 0 radical (unpaired) electrons. The van der Waals surface area contributed by atoms with E-state index in [1.54, 1.807) is 13.8 Å². The molecule has 16 heavy (non-hydrogen) atoms. The van der Waals surface area contributed by atoms with Gasteiger partial charge in [-0.15, -0.1) is 0 Å². The van der Waals surface area contributed by atoms with Crippen molar-refractivity contribution >= 4 is 17.7 Å². The van der Waals surface area contributed by atoms with Crippen molar-refractivity contribution in [1.82, 2.24) is 15.6 Å². The number of rotatable bonds is 4. The molecule has 8 heteroatoms. The summed E-state index contributed by atoms with van der Waals surface area (Å²) in [6, 6.07) is -1.01. The molecule has 0 saturated heterocycles. The fourth-order valence-electron chi connectivity index (χ4n) is 1.08. The van der Waals surface area contributed by atoms with E-state index in [1.807, 2.05) is 0 Å². The first-order chi connectivity index (χ1) is 7.43. The molecule has 1 rings (SSSR count). The van der Waals surface area contributed by atoms with Gasteiger partial charge in [0.1, 0.15) is 6.04 Å². The number of nitrogen functional groups attached to an aromatic ring is 1. The quantitative estimate of drug-likeness (QED) is 0.632. The number of anilines is 1. The van der Waals surface area contributed by atoms with Crippen LogP contribution >= 0.6 is 0 Å². The Balaban J connectivity index is 2.77. The summed E-state index contributed by atoms with van der Waals surface area (Å²) in [7, 11) is 0. The lowest BCUT2D eigenvalue weighted by Crippen LogP contribution is -2.44. The van der Waals surface area contributed by atoms with E-state index in [2.05, 4.69) is 20.3 Å². The van der Waals surface area contributed by atoms with Gasteiger partial charge in [0.15, 0.2) is 0 Å². The van der Waals surface area contributed by atoms with Crippen molar-refractivity contribution in [3.8, 4) is 0 Å². The summed E-state index contributed by atoms with van der Waals surface area (Å²) >= 11 is 0. The Bertz CT molecular complexity index is 400. The van der Waals surface area contributed by atoms with Crippen LogP contribution in [0.15, 0.2) is 4.63 Å². The Morgan fingerprint density at radius 2 is 2.06 bits per heavy atom. The standard InChI is InChI=1S/C8H12N4O4/c1-3(2)4(8(14)15)10-7(13)5-6(9)12-16-11-5/h3-4H,1-2H3,(H2,9,12)(H,10,13)(H,14,15)/t4-/m1/s1. The summed E-state index contributed by atoms with van der Waals surface area (Å²) in [6.45, 7) is 3.34. The lowest BCUT2D eigenvalue weighted by Gasteiger charge is -2.16. The molecule has 0 fully saturated rings. The lowest BCUT2D eigenvalue weighted by atomic mass is 10.0. The second-order valence-corrected chi connectivity index (χ2v) is 3.53. The van der Waals surface area contributed by atoms with Gasteiger partial charge in [0.05, 0.1) is 0 Å². The van der Waals surface area contributed by atoms with Gasteiger partial charge in [-0.1, -0.05) is 13.8 Å². The zero-order valence-electron chi connectivity index (χ0n) is 8.80. The monoisotopic (exact) mass is 228 g/mol. The van der Waals surface area contributed by atoms with E-state index in [0.717, 1.165) is 0 Å². The molecule has 0 unspecified atom stereocenters. The van der Waals surface area contributed by atoms with Gasteiger partial charge < -0.3 is 16.2 Å². The normalized spacial score (nSPS) is 12.4. The van der Waals surface area contributed by atoms with Crippen LogP contribution in [-0.4, -0.2) is 33.3 Å². The molecule has 8 nitrogen and oxygen atoms in total. The van der Waals surface area contributed by atoms with E-state index < -0.39 is 17.9 Å². The number of carbonyl (C=O) groups is 2. The van der Waals surface area contributed by atoms with Gasteiger partial charge in [-0.2, -0.15) is 0 Å². The Morgan fingerprint density at radius 1 is 1.44 bits per heavy atom. The first-order valence-electron chi connectivity index (χ1n) is 4.55. The van der Waals surface area contributed by atoms with Crippen molar-refractivity contribution in [1.29, 1.82) is 0 Å². The van der Waals surface area contributed by atoms with Crippen LogP contribution in [0.4, 0.5) is 5.82 Å². The second kappa shape index (κ2) is 4.60. The highest BCUT2D eigenvalue weighted by Crippen LogP contribution is 2.07. The number of carboxylic acids is 1. The molecule has 4 N–H and O–H groups in total. The Kier molecular flexibility index (Phi) is 3.44. The maximum Gasteiger partial charge on any atom is 0.326 e. The first-order valence-corrected chi connectivity index (χ1v) is 4.55. The second-order valence-electron chi connectivity index (χ2n) is 3.53. The Morgan fingerprint density at radius 3 is 2.44 bits per heavy atom. The Labute approximate surface area is 90.8 Å². The van der Waals surface area contributed by atoms with E-state index in [1.165, 1.54) is 0 Å². The van der Waals surface area contributed by atoms with Gasteiger partial charge in [-0.05, 0) is 16.2 Å². The van der Waals surface area contributed by atoms with E-state index in [9.17, 15) is 9.59 Å². The zero-order chi connectivity index (χ0) is 12.3. The number of amides is 1. The predicted octanol–water partition coefficient (Wildman–Crippen LogP) is -0.509. The maximum absolute atomic E-state index is 11.5. The molecule has 1 heterocycles. The zero-order valence-corrected chi connectivity index (χ0v) is 8.80. The Hall–Kier alpha value is -2.12. The summed E-state index contributed by atoms with van der Waals surface area (Å²) in [4.78, 5) is 22.4. The summed E-state index contributed by atoms with van der Waals surface area (Å²) in [5.74, 6) is -2.29. The van der Waals surface area contributed by atoms with Gasteiger partial charge in [0.25, 0.3) is 5.91 Å². The SMILES string of the molecule is CC(C)[C@@H](NC(=O)c1nonc1N)C(=O)O. The van der Waals surface area contributed by atoms with Crippen LogP contribution in [0, 0.1) is 5.92 Å². The number of aromatic nitrogens is 2. The molecule has 0 aliphatic heterocycles. The van der Waals surface area contributed by atoms with E-state index >= 15 is 0 Å². The van der Waals surface area contributed by atoms with Crippen molar-refractivity contribution in [2.24, 2.45) is 5.92 Å². The average molecular weight is 228 g/mol. The highest BCUT2D eigenvalue weighted by molar-refractivity contribution is 5.98. The van der Waals surface area contributed by atoms with Gasteiger partial charge in [-0.3, -0.25) is 4.79 Å². The van der Waals surface area contributed by atoms with Gasteiger partial charge >= 0.3 is 5.97 Å². The molecular weight excluding hydrogens is 216 g/mol. The topological polar surface area (TPSA) is 131 Å². The summed E-state index contributed by atoms with van der Waals surface area (Å²) in [6.07, 6.45) is 0. The van der Waals surface area contributed by atoms with Crippen LogP contribution in [0.3, 0.4) is 0 Å². The fraction of sp³-hybridized carbons (Fsp3) is 0.500. The largest absolute Gasteiger partial charge is 0.480 e. The maximum atomic E-state index is 11.5. The highest BCUT2D eigenvalue weighted by atomic mass is 16.6. The molecule has 1 aromatic rings. The third-order valence-corrected chi connectivity index (χ3v) is 1.95. The summed E-state index contributed by atoms with van der Waals surface area (Å²) in [5, 5.41) is 17.6. The number of nitrogens with one attached hydrogen (secondary N) is 1. The number of nitrogens with two attached hydrogens (primary N) is 1. The number of nitrogens with zero attached hydrogens (tertiary/aromatic N) is 2. The van der Waals surface area contributed by atoms with Crippen LogP contribution in [0.2, 0.25) is 0 Å². The van der Waals surface area contributed by atoms with Crippen LogP contribution in [0.25, 0.3) is 0 Å². The minimum absolute atomic E-state index is 0.176. The lowest BCUT2D eigenvalue weighted by molar-refractivity contribution is -0.140. The molecule has 0 bridgehead atoms. The third kappa shape index (κ3) is 2.47. The van der Waals surface area contributed by atoms with Crippen molar-refractivity contribution in [2.45, 2.75) is 19.9 Å². The van der Waals surface area contributed by atoms with Crippen LogP contribution in [0.5, 0.6) is 0 Å². The van der Waals surface area contributed by atoms with Gasteiger partial charge in [-0.25, -0.2) is 9.42 Å². The van der Waals surface area contributed by atoms with Crippen LogP contribution in [-0.2, 0) is 4.79 Å². The fourth-order valence-corrected chi connectivity index (χ4v) is 1.08. The number of carboxylic acid groups (broad SMARTS) is 1. The molecule has 0 aromatic carbocycles. The molecule has 0 aliphatic carbocycles. The highest BCUT2D eigenvalue weighted by Gasteiger charge is 2.26. The number of carbonyl (C=O) groups excluding carboxylic acids is 1. The van der Waals surface area contributed by atoms with Crippen LogP contribution < -0.4 is 11.1 Å².